The first-order valence-corrected chi connectivity index (χ1v) is 9.65. The number of hydrazone groups is 1. The lowest BCUT2D eigenvalue weighted by Crippen LogP contribution is -2.17. The number of amides is 1. The molecule has 0 atom stereocenters. The maximum atomic E-state index is 14.1. The molecule has 0 spiro atoms. The van der Waals surface area contributed by atoms with Crippen molar-refractivity contribution in [3.05, 3.63) is 100 Å². The zero-order valence-corrected chi connectivity index (χ0v) is 16.9. The summed E-state index contributed by atoms with van der Waals surface area (Å²) in [7, 11) is 0. The van der Waals surface area contributed by atoms with Gasteiger partial charge in [-0.15, -0.1) is 0 Å². The Bertz CT molecular complexity index is 1450. The van der Waals surface area contributed by atoms with Crippen LogP contribution in [0.15, 0.2) is 65.9 Å². The Morgan fingerprint density at radius 1 is 1.15 bits per heavy atom. The van der Waals surface area contributed by atoms with Gasteiger partial charge >= 0.3 is 0 Å². The van der Waals surface area contributed by atoms with Gasteiger partial charge in [-0.2, -0.15) is 10.4 Å². The third-order valence-corrected chi connectivity index (χ3v) is 5.01. The molecule has 0 unspecified atom stereocenters. The van der Waals surface area contributed by atoms with E-state index in [4.69, 9.17) is 5.26 Å². The first-order valence-electron chi connectivity index (χ1n) is 9.65. The predicted octanol–water partition coefficient (Wildman–Crippen LogP) is 4.45. The molecule has 0 saturated heterocycles. The van der Waals surface area contributed by atoms with Gasteiger partial charge in [0.2, 0.25) is 0 Å². The number of carbonyl (C=O) groups excluding carboxylic acids is 1. The fourth-order valence-electron chi connectivity index (χ4n) is 3.40. The maximum Gasteiger partial charge on any atom is 0.271 e. The average Bonchev–Trinajstić information content (AvgIpc) is 3.21. The fraction of sp³-hybridized carbons (Fsp3) is 0.0417. The van der Waals surface area contributed by atoms with Crippen LogP contribution in [0.1, 0.15) is 27.0 Å². The molecule has 2 N–H and O–H groups in total. The number of carbonyl (C=O) groups is 1. The van der Waals surface area contributed by atoms with Crippen molar-refractivity contribution in [2.75, 3.05) is 0 Å². The van der Waals surface area contributed by atoms with Gasteiger partial charge in [0.25, 0.3) is 5.91 Å². The van der Waals surface area contributed by atoms with Gasteiger partial charge in [0.05, 0.1) is 18.3 Å². The number of aromatic nitrogens is 1. The normalized spacial score (nSPS) is 11.1. The number of benzene rings is 3. The maximum absolute atomic E-state index is 14.1. The van der Waals surface area contributed by atoms with E-state index in [1.807, 2.05) is 0 Å². The Morgan fingerprint density at radius 2 is 1.97 bits per heavy atom. The minimum atomic E-state index is -1.25. The van der Waals surface area contributed by atoms with E-state index in [2.05, 4.69) is 10.5 Å². The lowest BCUT2D eigenvalue weighted by molar-refractivity contribution is 0.0955. The molecule has 0 bridgehead atoms. The lowest BCUT2D eigenvalue weighted by atomic mass is 10.1. The van der Waals surface area contributed by atoms with E-state index in [-0.39, 0.29) is 29.0 Å². The first kappa shape index (κ1) is 21.6. The summed E-state index contributed by atoms with van der Waals surface area (Å²) in [6.07, 6.45) is 3.07. The molecule has 4 rings (SSSR count). The zero-order chi connectivity index (χ0) is 23.5. The molecule has 4 aromatic rings. The van der Waals surface area contributed by atoms with Crippen molar-refractivity contribution in [2.24, 2.45) is 5.10 Å². The minimum absolute atomic E-state index is 0.0349. The molecule has 1 heterocycles. The highest BCUT2D eigenvalue weighted by Gasteiger charge is 2.13. The van der Waals surface area contributed by atoms with Gasteiger partial charge in [0.1, 0.15) is 17.6 Å². The Balaban J connectivity index is 1.55. The Kier molecular flexibility index (Phi) is 5.83. The molecule has 0 aliphatic heterocycles. The Labute approximate surface area is 185 Å². The molecule has 0 fully saturated rings. The summed E-state index contributed by atoms with van der Waals surface area (Å²) < 4.78 is 42.7. The Hall–Kier alpha value is -4.58. The van der Waals surface area contributed by atoms with Gasteiger partial charge in [-0.25, -0.2) is 18.6 Å². The zero-order valence-electron chi connectivity index (χ0n) is 16.9. The van der Waals surface area contributed by atoms with Gasteiger partial charge in [0.15, 0.2) is 11.6 Å². The molecule has 1 aromatic heterocycles. The molecule has 0 radical (unpaired) electrons. The molecule has 1 amide bonds. The second-order valence-corrected chi connectivity index (χ2v) is 7.13. The van der Waals surface area contributed by atoms with Crippen LogP contribution in [0.4, 0.5) is 13.2 Å². The second-order valence-electron chi connectivity index (χ2n) is 7.13. The van der Waals surface area contributed by atoms with E-state index in [1.54, 1.807) is 41.1 Å². The number of hydrogen-bond acceptors (Lipinski definition) is 4. The van der Waals surface area contributed by atoms with Crippen molar-refractivity contribution in [1.82, 2.24) is 9.99 Å². The van der Waals surface area contributed by atoms with E-state index in [9.17, 15) is 23.1 Å². The van der Waals surface area contributed by atoms with Crippen LogP contribution in [0.2, 0.25) is 0 Å². The minimum Gasteiger partial charge on any atom is -0.507 e. The number of nitriles is 1. The molecule has 33 heavy (non-hydrogen) atoms. The monoisotopic (exact) mass is 448 g/mol. The highest BCUT2D eigenvalue weighted by Crippen LogP contribution is 2.22. The van der Waals surface area contributed by atoms with Gasteiger partial charge in [-0.1, -0.05) is 12.1 Å². The molecule has 0 aliphatic carbocycles. The number of phenols is 1. The lowest BCUT2D eigenvalue weighted by Gasteiger charge is -2.08. The van der Waals surface area contributed by atoms with Crippen LogP contribution < -0.4 is 5.43 Å². The van der Waals surface area contributed by atoms with Crippen molar-refractivity contribution in [2.45, 2.75) is 6.54 Å². The predicted molar refractivity (Wildman–Crippen MR) is 115 cm³/mol. The molecular formula is C24H15F3N4O2. The number of nitrogens with zero attached hydrogens (tertiary/aromatic N) is 3. The van der Waals surface area contributed by atoms with Crippen molar-refractivity contribution >= 4 is 23.0 Å². The standard InChI is InChI=1S/C24H15F3N4O2/c25-18-9-17(23(27)20(26)10-18)13-31-7-6-19-15(2-1-3-21(19)31)12-29-30-24(33)14-4-5-22(32)16(8-14)11-28/h1-10,12,32H,13H2,(H,30,33)/b29-12+. The van der Waals surface area contributed by atoms with Crippen molar-refractivity contribution < 1.29 is 23.1 Å². The number of nitrogens with one attached hydrogen (secondary N) is 1. The van der Waals surface area contributed by atoms with E-state index in [0.717, 1.165) is 11.5 Å². The van der Waals surface area contributed by atoms with Crippen molar-refractivity contribution in [3.63, 3.8) is 0 Å². The molecule has 6 nitrogen and oxygen atoms in total. The number of aromatic hydroxyl groups is 1. The van der Waals surface area contributed by atoms with Gasteiger partial charge in [-0.3, -0.25) is 4.79 Å². The summed E-state index contributed by atoms with van der Waals surface area (Å²) in [5.41, 5.74) is 3.65. The number of phenolic OH excluding ortho intramolecular Hbond substituents is 1. The molecule has 164 valence electrons. The van der Waals surface area contributed by atoms with Crippen LogP contribution in [0.5, 0.6) is 5.75 Å². The van der Waals surface area contributed by atoms with E-state index >= 15 is 0 Å². The smallest absolute Gasteiger partial charge is 0.271 e. The van der Waals surface area contributed by atoms with Gasteiger partial charge in [-0.05, 0) is 36.4 Å². The van der Waals surface area contributed by atoms with Crippen LogP contribution in [-0.4, -0.2) is 21.8 Å². The average molecular weight is 448 g/mol. The largest absolute Gasteiger partial charge is 0.507 e. The fourth-order valence-corrected chi connectivity index (χ4v) is 3.40. The van der Waals surface area contributed by atoms with Crippen LogP contribution in [0.25, 0.3) is 10.9 Å². The quantitative estimate of drug-likeness (QED) is 0.269. The topological polar surface area (TPSA) is 90.4 Å². The van der Waals surface area contributed by atoms with Crippen molar-refractivity contribution in [1.29, 1.82) is 5.26 Å². The van der Waals surface area contributed by atoms with Crippen LogP contribution in [-0.2, 0) is 6.54 Å². The number of fused-ring (bicyclic) bond motifs is 1. The van der Waals surface area contributed by atoms with Crippen LogP contribution >= 0.6 is 0 Å². The molecule has 9 heteroatoms. The summed E-state index contributed by atoms with van der Waals surface area (Å²) in [4.78, 5) is 12.3. The third-order valence-electron chi connectivity index (χ3n) is 5.01. The molecule has 0 aliphatic rings. The van der Waals surface area contributed by atoms with E-state index in [0.29, 0.717) is 17.1 Å². The summed E-state index contributed by atoms with van der Waals surface area (Å²) in [6, 6.07) is 14.1. The van der Waals surface area contributed by atoms with Gasteiger partial charge in [0, 0.05) is 39.9 Å². The van der Waals surface area contributed by atoms with Gasteiger partial charge < -0.3 is 9.67 Å². The van der Waals surface area contributed by atoms with Crippen LogP contribution in [0.3, 0.4) is 0 Å². The van der Waals surface area contributed by atoms with Crippen molar-refractivity contribution in [3.8, 4) is 11.8 Å². The molecule has 0 saturated carbocycles. The summed E-state index contributed by atoms with van der Waals surface area (Å²) >= 11 is 0. The number of hydrogen-bond donors (Lipinski definition) is 2. The Morgan fingerprint density at radius 3 is 2.76 bits per heavy atom. The van der Waals surface area contributed by atoms with E-state index < -0.39 is 23.4 Å². The molecular weight excluding hydrogens is 433 g/mol. The summed E-state index contributed by atoms with van der Waals surface area (Å²) in [5, 5.41) is 23.2. The van der Waals surface area contributed by atoms with E-state index in [1.165, 1.54) is 24.4 Å². The highest BCUT2D eigenvalue weighted by atomic mass is 19.2. The number of halogens is 3. The third kappa shape index (κ3) is 4.41. The second kappa shape index (κ2) is 8.88. The summed E-state index contributed by atoms with van der Waals surface area (Å²) in [6.45, 7) is -0.0799. The SMILES string of the molecule is N#Cc1cc(C(=O)N/N=C/c2cccc3c2ccn3Cc2cc(F)cc(F)c2F)ccc1O. The molecule has 3 aromatic carbocycles. The number of rotatable bonds is 5. The van der Waals surface area contributed by atoms with Crippen LogP contribution in [0, 0.1) is 28.8 Å². The highest BCUT2D eigenvalue weighted by molar-refractivity contribution is 6.00. The first-order chi connectivity index (χ1) is 15.9. The summed E-state index contributed by atoms with van der Waals surface area (Å²) in [5.74, 6) is -4.02.